The summed E-state index contributed by atoms with van der Waals surface area (Å²) in [7, 11) is 0. The van der Waals surface area contributed by atoms with Crippen molar-refractivity contribution in [2.24, 2.45) is 0 Å². The second-order valence-electron chi connectivity index (χ2n) is 5.66. The largest absolute Gasteiger partial charge is 0.481 e. The number of hydroxylamine groups is 1. The minimum atomic E-state index is -0.698. The van der Waals surface area contributed by atoms with E-state index >= 15 is 0 Å². The highest BCUT2D eigenvalue weighted by molar-refractivity contribution is 5.74. The van der Waals surface area contributed by atoms with Crippen molar-refractivity contribution >= 4 is 11.9 Å². The van der Waals surface area contributed by atoms with Crippen molar-refractivity contribution < 1.29 is 19.9 Å². The minimum absolute atomic E-state index is 0.293. The summed E-state index contributed by atoms with van der Waals surface area (Å²) in [6, 6.07) is 0. The SMILES string of the molecule is O=C(O)CCCCCCC/C=C\C/C=C\CCCCC(=O)NO. The Hall–Kier alpha value is -1.62. The van der Waals surface area contributed by atoms with E-state index in [-0.39, 0.29) is 5.91 Å². The lowest BCUT2D eigenvalue weighted by atomic mass is 10.1. The van der Waals surface area contributed by atoms with Gasteiger partial charge >= 0.3 is 5.97 Å². The summed E-state index contributed by atoms with van der Waals surface area (Å²) < 4.78 is 0. The molecule has 132 valence electrons. The molecule has 0 atom stereocenters. The second-order valence-corrected chi connectivity index (χ2v) is 5.66. The van der Waals surface area contributed by atoms with Crippen LogP contribution in [0.4, 0.5) is 0 Å². The quantitative estimate of drug-likeness (QED) is 0.181. The fourth-order valence-electron chi connectivity index (χ4n) is 2.18. The van der Waals surface area contributed by atoms with Crippen LogP contribution >= 0.6 is 0 Å². The van der Waals surface area contributed by atoms with Gasteiger partial charge < -0.3 is 5.11 Å². The van der Waals surface area contributed by atoms with E-state index in [1.54, 1.807) is 5.48 Å². The van der Waals surface area contributed by atoms with Crippen molar-refractivity contribution in [2.45, 2.75) is 77.0 Å². The van der Waals surface area contributed by atoms with E-state index in [1.807, 2.05) is 0 Å². The van der Waals surface area contributed by atoms with Gasteiger partial charge in [0, 0.05) is 12.8 Å². The first-order valence-corrected chi connectivity index (χ1v) is 8.61. The monoisotopic (exact) mass is 325 g/mol. The highest BCUT2D eigenvalue weighted by atomic mass is 16.5. The van der Waals surface area contributed by atoms with Crippen molar-refractivity contribution in [1.29, 1.82) is 0 Å². The zero-order valence-electron chi connectivity index (χ0n) is 14.0. The van der Waals surface area contributed by atoms with Gasteiger partial charge in [-0.3, -0.25) is 14.8 Å². The Morgan fingerprint density at radius 2 is 1.26 bits per heavy atom. The fourth-order valence-corrected chi connectivity index (χ4v) is 2.18. The number of hydrogen-bond donors (Lipinski definition) is 3. The van der Waals surface area contributed by atoms with Crippen molar-refractivity contribution in [3.05, 3.63) is 24.3 Å². The second kappa shape index (κ2) is 16.7. The van der Waals surface area contributed by atoms with Crippen LogP contribution in [0.2, 0.25) is 0 Å². The van der Waals surface area contributed by atoms with Crippen molar-refractivity contribution in [1.82, 2.24) is 5.48 Å². The Morgan fingerprint density at radius 1 is 0.739 bits per heavy atom. The van der Waals surface area contributed by atoms with Crippen LogP contribution in [0, 0.1) is 0 Å². The number of unbranched alkanes of at least 4 members (excludes halogenated alkanes) is 7. The molecule has 23 heavy (non-hydrogen) atoms. The molecule has 5 nitrogen and oxygen atoms in total. The van der Waals surface area contributed by atoms with Gasteiger partial charge in [-0.05, 0) is 44.9 Å². The standard InChI is InChI=1S/C18H31NO4/c20-17(19-23)15-13-11-9-7-5-3-1-2-4-6-8-10-12-14-16-18(21)22/h1-2,5,7,23H,3-4,6,8-16H2,(H,19,20)(H,21,22)/b2-1-,7-5-. The zero-order chi connectivity index (χ0) is 17.2. The molecular weight excluding hydrogens is 294 g/mol. The van der Waals surface area contributed by atoms with Gasteiger partial charge in [0.05, 0.1) is 0 Å². The van der Waals surface area contributed by atoms with E-state index in [0.29, 0.717) is 12.8 Å². The van der Waals surface area contributed by atoms with E-state index in [0.717, 1.165) is 51.4 Å². The van der Waals surface area contributed by atoms with Crippen LogP contribution in [-0.2, 0) is 9.59 Å². The van der Waals surface area contributed by atoms with Crippen molar-refractivity contribution in [3.8, 4) is 0 Å². The number of nitrogens with one attached hydrogen (secondary N) is 1. The van der Waals surface area contributed by atoms with E-state index in [1.165, 1.54) is 12.8 Å². The molecule has 0 aliphatic carbocycles. The Bertz CT molecular complexity index is 364. The summed E-state index contributed by atoms with van der Waals surface area (Å²) in [6.07, 6.45) is 19.3. The third-order valence-corrected chi connectivity index (χ3v) is 3.52. The molecule has 0 heterocycles. The van der Waals surface area contributed by atoms with Crippen LogP contribution in [0.15, 0.2) is 24.3 Å². The van der Waals surface area contributed by atoms with Gasteiger partial charge in [0.15, 0.2) is 0 Å². The molecule has 0 aromatic heterocycles. The molecule has 0 spiro atoms. The summed E-state index contributed by atoms with van der Waals surface area (Å²) in [5, 5.41) is 16.8. The number of carboxylic acid groups (broad SMARTS) is 1. The van der Waals surface area contributed by atoms with Gasteiger partial charge in [-0.2, -0.15) is 0 Å². The lowest BCUT2D eigenvalue weighted by Crippen LogP contribution is -2.17. The number of aliphatic carboxylic acids is 1. The Morgan fingerprint density at radius 3 is 1.87 bits per heavy atom. The van der Waals surface area contributed by atoms with Gasteiger partial charge in [-0.1, -0.05) is 43.6 Å². The van der Waals surface area contributed by atoms with Crippen molar-refractivity contribution in [2.75, 3.05) is 0 Å². The average molecular weight is 325 g/mol. The number of rotatable bonds is 15. The minimum Gasteiger partial charge on any atom is -0.481 e. The molecule has 5 heteroatoms. The Balaban J connectivity index is 3.26. The highest BCUT2D eigenvalue weighted by Crippen LogP contribution is 2.08. The third-order valence-electron chi connectivity index (χ3n) is 3.52. The molecule has 0 radical (unpaired) electrons. The molecule has 0 aromatic rings. The van der Waals surface area contributed by atoms with Crippen LogP contribution in [-0.4, -0.2) is 22.2 Å². The summed E-state index contributed by atoms with van der Waals surface area (Å²) >= 11 is 0. The zero-order valence-corrected chi connectivity index (χ0v) is 14.0. The maximum atomic E-state index is 10.8. The van der Waals surface area contributed by atoms with Crippen molar-refractivity contribution in [3.63, 3.8) is 0 Å². The third kappa shape index (κ3) is 18.3. The molecule has 0 bridgehead atoms. The molecule has 0 aliphatic rings. The number of allylic oxidation sites excluding steroid dienone is 4. The summed E-state index contributed by atoms with van der Waals surface area (Å²) in [4.78, 5) is 21.1. The topological polar surface area (TPSA) is 86.6 Å². The maximum Gasteiger partial charge on any atom is 0.303 e. The lowest BCUT2D eigenvalue weighted by molar-refractivity contribution is -0.137. The van der Waals surface area contributed by atoms with E-state index in [4.69, 9.17) is 10.3 Å². The number of carboxylic acids is 1. The molecular formula is C18H31NO4. The molecule has 0 saturated heterocycles. The van der Waals surface area contributed by atoms with Gasteiger partial charge in [0.25, 0.3) is 0 Å². The first kappa shape index (κ1) is 21.4. The maximum absolute atomic E-state index is 10.8. The molecule has 0 unspecified atom stereocenters. The number of carbonyl (C=O) groups is 2. The van der Waals surface area contributed by atoms with Crippen LogP contribution in [0.5, 0.6) is 0 Å². The summed E-state index contributed by atoms with van der Waals surface area (Å²) in [5.74, 6) is -1.02. The predicted octanol–water partition coefficient (Wildman–Crippen LogP) is 4.37. The van der Waals surface area contributed by atoms with Gasteiger partial charge in [0.2, 0.25) is 5.91 Å². The highest BCUT2D eigenvalue weighted by Gasteiger charge is 1.97. The average Bonchev–Trinajstić information content (AvgIpc) is 2.53. The molecule has 3 N–H and O–H groups in total. The molecule has 0 aromatic carbocycles. The Labute approximate surface area is 139 Å². The smallest absolute Gasteiger partial charge is 0.303 e. The van der Waals surface area contributed by atoms with Crippen LogP contribution in [0.3, 0.4) is 0 Å². The number of amides is 1. The van der Waals surface area contributed by atoms with E-state index < -0.39 is 5.97 Å². The molecule has 1 amide bonds. The van der Waals surface area contributed by atoms with Crippen LogP contribution in [0.25, 0.3) is 0 Å². The van der Waals surface area contributed by atoms with Gasteiger partial charge in [0.1, 0.15) is 0 Å². The first-order chi connectivity index (χ1) is 11.2. The molecule has 0 saturated carbocycles. The first-order valence-electron chi connectivity index (χ1n) is 8.61. The van der Waals surface area contributed by atoms with Gasteiger partial charge in [-0.25, -0.2) is 5.48 Å². The van der Waals surface area contributed by atoms with Crippen LogP contribution in [0.1, 0.15) is 77.0 Å². The molecule has 0 rings (SSSR count). The summed E-state index contributed by atoms with van der Waals surface area (Å²) in [6.45, 7) is 0. The lowest BCUT2D eigenvalue weighted by Gasteiger charge is -1.98. The predicted molar refractivity (Wildman–Crippen MR) is 91.2 cm³/mol. The fraction of sp³-hybridized carbons (Fsp3) is 0.667. The Kier molecular flexibility index (Phi) is 15.6. The normalized spacial score (nSPS) is 11.3. The van der Waals surface area contributed by atoms with Crippen LogP contribution < -0.4 is 5.48 Å². The number of hydrogen-bond acceptors (Lipinski definition) is 3. The summed E-state index contributed by atoms with van der Waals surface area (Å²) in [5.41, 5.74) is 1.63. The molecule has 0 aliphatic heterocycles. The number of carbonyl (C=O) groups excluding carboxylic acids is 1. The van der Waals surface area contributed by atoms with Gasteiger partial charge in [-0.15, -0.1) is 0 Å². The molecule has 0 fully saturated rings. The van der Waals surface area contributed by atoms with E-state index in [9.17, 15) is 9.59 Å². The van der Waals surface area contributed by atoms with E-state index in [2.05, 4.69) is 24.3 Å².